The van der Waals surface area contributed by atoms with Crippen LogP contribution in [-0.4, -0.2) is 12.9 Å². The quantitative estimate of drug-likeness (QED) is 0.783. The Morgan fingerprint density at radius 2 is 2.17 bits per heavy atom. The van der Waals surface area contributed by atoms with Gasteiger partial charge in [-0.25, -0.2) is 0 Å². The first kappa shape index (κ1) is 13.3. The van der Waals surface area contributed by atoms with E-state index < -0.39 is 0 Å². The van der Waals surface area contributed by atoms with Gasteiger partial charge in [-0.2, -0.15) is 0 Å². The molecule has 2 nitrogen and oxygen atoms in total. The number of aryl methyl sites for hydroxylation is 1. The zero-order valence-electron chi connectivity index (χ0n) is 10.2. The number of hydrogen-bond acceptors (Lipinski definition) is 3. The van der Waals surface area contributed by atoms with Gasteiger partial charge in [0.25, 0.3) is 0 Å². The van der Waals surface area contributed by atoms with Crippen molar-refractivity contribution in [3.63, 3.8) is 0 Å². The number of carbonyl (C=O) groups is 1. The van der Waals surface area contributed by atoms with E-state index in [0.717, 1.165) is 21.3 Å². The average molecular weight is 325 g/mol. The molecule has 2 rings (SSSR count). The molecule has 1 aromatic carbocycles. The van der Waals surface area contributed by atoms with E-state index in [2.05, 4.69) is 22.9 Å². The first-order chi connectivity index (χ1) is 8.67. The van der Waals surface area contributed by atoms with Crippen LogP contribution in [0.4, 0.5) is 0 Å². The SMILES string of the molecule is CCc1ccsc1C(=O)c1cc(Br)ccc1OC. The second-order valence-electron chi connectivity index (χ2n) is 3.80. The van der Waals surface area contributed by atoms with Crippen LogP contribution in [-0.2, 0) is 6.42 Å². The van der Waals surface area contributed by atoms with Crippen LogP contribution >= 0.6 is 27.3 Å². The molecule has 0 unspecified atom stereocenters. The Bertz CT molecular complexity index is 575. The van der Waals surface area contributed by atoms with Gasteiger partial charge in [0.15, 0.2) is 0 Å². The number of hydrogen-bond donors (Lipinski definition) is 0. The van der Waals surface area contributed by atoms with Crippen LogP contribution in [0.25, 0.3) is 0 Å². The smallest absolute Gasteiger partial charge is 0.206 e. The molecular formula is C14H13BrO2S. The van der Waals surface area contributed by atoms with Gasteiger partial charge in [0.2, 0.25) is 5.78 Å². The van der Waals surface area contributed by atoms with E-state index in [0.29, 0.717) is 11.3 Å². The van der Waals surface area contributed by atoms with Crippen LogP contribution in [0.1, 0.15) is 27.7 Å². The maximum atomic E-state index is 12.5. The van der Waals surface area contributed by atoms with Crippen molar-refractivity contribution in [3.05, 3.63) is 50.1 Å². The summed E-state index contributed by atoms with van der Waals surface area (Å²) in [6.45, 7) is 2.05. The standard InChI is InChI=1S/C14H13BrO2S/c1-3-9-6-7-18-14(9)13(16)11-8-10(15)4-5-12(11)17-2/h4-8H,3H2,1-2H3. The number of rotatable bonds is 4. The lowest BCUT2D eigenvalue weighted by atomic mass is 10.0. The fourth-order valence-corrected chi connectivity index (χ4v) is 3.10. The number of halogens is 1. The summed E-state index contributed by atoms with van der Waals surface area (Å²) in [6, 6.07) is 7.48. The van der Waals surface area contributed by atoms with Gasteiger partial charge in [-0.05, 0) is 41.6 Å². The van der Waals surface area contributed by atoms with Crippen molar-refractivity contribution in [1.82, 2.24) is 0 Å². The number of carbonyl (C=O) groups excluding carboxylic acids is 1. The summed E-state index contributed by atoms with van der Waals surface area (Å²) in [4.78, 5) is 13.3. The van der Waals surface area contributed by atoms with Crippen LogP contribution < -0.4 is 4.74 Å². The molecule has 94 valence electrons. The molecule has 18 heavy (non-hydrogen) atoms. The topological polar surface area (TPSA) is 26.3 Å². The predicted molar refractivity (Wildman–Crippen MR) is 77.8 cm³/mol. The lowest BCUT2D eigenvalue weighted by Crippen LogP contribution is -2.04. The normalized spacial score (nSPS) is 10.4. The lowest BCUT2D eigenvalue weighted by molar-refractivity contribution is 0.103. The van der Waals surface area contributed by atoms with E-state index in [4.69, 9.17) is 4.74 Å². The second kappa shape index (κ2) is 5.67. The number of ether oxygens (including phenoxy) is 1. The van der Waals surface area contributed by atoms with Crippen molar-refractivity contribution < 1.29 is 9.53 Å². The molecule has 0 radical (unpaired) electrons. The molecule has 0 aliphatic rings. The van der Waals surface area contributed by atoms with E-state index in [1.54, 1.807) is 19.2 Å². The Kier molecular flexibility index (Phi) is 4.19. The molecule has 1 heterocycles. The molecule has 0 aliphatic carbocycles. The van der Waals surface area contributed by atoms with Crippen molar-refractivity contribution in [1.29, 1.82) is 0 Å². The van der Waals surface area contributed by atoms with Crippen LogP contribution in [0.2, 0.25) is 0 Å². The molecule has 0 spiro atoms. The molecule has 1 aromatic heterocycles. The minimum absolute atomic E-state index is 0.0278. The number of methoxy groups -OCH3 is 1. The highest BCUT2D eigenvalue weighted by atomic mass is 79.9. The van der Waals surface area contributed by atoms with E-state index in [9.17, 15) is 4.79 Å². The third-order valence-electron chi connectivity index (χ3n) is 2.74. The minimum atomic E-state index is 0.0278. The van der Waals surface area contributed by atoms with Crippen molar-refractivity contribution in [2.75, 3.05) is 7.11 Å². The van der Waals surface area contributed by atoms with E-state index in [-0.39, 0.29) is 5.78 Å². The lowest BCUT2D eigenvalue weighted by Gasteiger charge is -2.08. The van der Waals surface area contributed by atoms with Crippen LogP contribution in [0.15, 0.2) is 34.1 Å². The summed E-state index contributed by atoms with van der Waals surface area (Å²) in [5, 5.41) is 1.95. The highest BCUT2D eigenvalue weighted by molar-refractivity contribution is 9.10. The number of ketones is 1. The molecule has 0 saturated carbocycles. The predicted octanol–water partition coefficient (Wildman–Crippen LogP) is 4.31. The van der Waals surface area contributed by atoms with Crippen molar-refractivity contribution in [2.45, 2.75) is 13.3 Å². The van der Waals surface area contributed by atoms with Crippen molar-refractivity contribution in [3.8, 4) is 5.75 Å². The Hall–Kier alpha value is -1.13. The Morgan fingerprint density at radius 3 is 2.83 bits per heavy atom. The van der Waals surface area contributed by atoms with Gasteiger partial charge in [-0.15, -0.1) is 11.3 Å². The number of benzene rings is 1. The van der Waals surface area contributed by atoms with Gasteiger partial charge in [0.05, 0.1) is 17.6 Å². The van der Waals surface area contributed by atoms with Gasteiger partial charge in [-0.1, -0.05) is 22.9 Å². The largest absolute Gasteiger partial charge is 0.496 e. The van der Waals surface area contributed by atoms with E-state index in [1.807, 2.05) is 17.5 Å². The fourth-order valence-electron chi connectivity index (χ4n) is 1.79. The monoisotopic (exact) mass is 324 g/mol. The zero-order valence-corrected chi connectivity index (χ0v) is 12.6. The molecular weight excluding hydrogens is 312 g/mol. The Labute approximate surface area is 119 Å². The summed E-state index contributed by atoms with van der Waals surface area (Å²) in [7, 11) is 1.58. The zero-order chi connectivity index (χ0) is 13.1. The molecule has 0 N–H and O–H groups in total. The highest BCUT2D eigenvalue weighted by Gasteiger charge is 2.18. The van der Waals surface area contributed by atoms with Crippen LogP contribution in [0.3, 0.4) is 0 Å². The van der Waals surface area contributed by atoms with Crippen molar-refractivity contribution >= 4 is 33.0 Å². The summed E-state index contributed by atoms with van der Waals surface area (Å²) in [5.41, 5.74) is 1.69. The Balaban J connectivity index is 2.48. The molecule has 4 heteroatoms. The first-order valence-corrected chi connectivity index (χ1v) is 7.29. The average Bonchev–Trinajstić information content (AvgIpc) is 2.86. The van der Waals surface area contributed by atoms with Gasteiger partial charge in [0.1, 0.15) is 5.75 Å². The maximum absolute atomic E-state index is 12.5. The third-order valence-corrected chi connectivity index (χ3v) is 4.19. The van der Waals surface area contributed by atoms with Gasteiger partial charge < -0.3 is 4.74 Å². The summed E-state index contributed by atoms with van der Waals surface area (Å²) in [5.74, 6) is 0.638. The fraction of sp³-hybridized carbons (Fsp3) is 0.214. The maximum Gasteiger partial charge on any atom is 0.206 e. The molecule has 0 atom stereocenters. The minimum Gasteiger partial charge on any atom is -0.496 e. The van der Waals surface area contributed by atoms with Crippen molar-refractivity contribution in [2.24, 2.45) is 0 Å². The molecule has 0 aliphatic heterocycles. The molecule has 0 amide bonds. The summed E-state index contributed by atoms with van der Waals surface area (Å²) >= 11 is 4.87. The molecule has 2 aromatic rings. The molecule has 0 saturated heterocycles. The van der Waals surface area contributed by atoms with E-state index in [1.165, 1.54) is 11.3 Å². The molecule has 0 fully saturated rings. The van der Waals surface area contributed by atoms with Crippen LogP contribution in [0.5, 0.6) is 5.75 Å². The highest BCUT2D eigenvalue weighted by Crippen LogP contribution is 2.28. The second-order valence-corrected chi connectivity index (χ2v) is 5.63. The van der Waals surface area contributed by atoms with E-state index >= 15 is 0 Å². The number of thiophene rings is 1. The summed E-state index contributed by atoms with van der Waals surface area (Å²) < 4.78 is 6.13. The first-order valence-electron chi connectivity index (χ1n) is 5.62. The van der Waals surface area contributed by atoms with Gasteiger partial charge in [0, 0.05) is 4.47 Å². The summed E-state index contributed by atoms with van der Waals surface area (Å²) in [6.07, 6.45) is 0.862. The van der Waals surface area contributed by atoms with Gasteiger partial charge >= 0.3 is 0 Å². The Morgan fingerprint density at radius 1 is 1.39 bits per heavy atom. The molecule has 0 bridgehead atoms. The van der Waals surface area contributed by atoms with Gasteiger partial charge in [-0.3, -0.25) is 4.79 Å². The van der Waals surface area contributed by atoms with Crippen LogP contribution in [0, 0.1) is 0 Å². The third kappa shape index (κ3) is 2.49.